The van der Waals surface area contributed by atoms with E-state index in [1.807, 2.05) is 49.4 Å². The quantitative estimate of drug-likeness (QED) is 0.0606. The van der Waals surface area contributed by atoms with Crippen LogP contribution in [0, 0.1) is 11.3 Å². The van der Waals surface area contributed by atoms with Gasteiger partial charge in [0.25, 0.3) is 11.8 Å². The van der Waals surface area contributed by atoms with Gasteiger partial charge in [-0.05, 0) is 85.1 Å². The maximum Gasteiger partial charge on any atom is 0.341 e. The van der Waals surface area contributed by atoms with Gasteiger partial charge < -0.3 is 25.7 Å². The van der Waals surface area contributed by atoms with Crippen molar-refractivity contribution in [3.05, 3.63) is 118 Å². The number of aromatic nitrogens is 1. The van der Waals surface area contributed by atoms with Crippen LogP contribution in [-0.2, 0) is 27.2 Å². The van der Waals surface area contributed by atoms with Crippen molar-refractivity contribution >= 4 is 74.5 Å². The normalized spacial score (nSPS) is 15.0. The monoisotopic (exact) mass is 748 g/mol. The number of thioether (sulfide) groups is 1. The summed E-state index contributed by atoms with van der Waals surface area (Å²) in [4.78, 5) is 58.8. The van der Waals surface area contributed by atoms with Crippen LogP contribution in [0.1, 0.15) is 77.3 Å². The van der Waals surface area contributed by atoms with Gasteiger partial charge in [0.15, 0.2) is 0 Å². The van der Waals surface area contributed by atoms with Crippen molar-refractivity contribution in [2.75, 3.05) is 17.7 Å². The fraction of sp³-hybridized carbons (Fsp3) is 0.286. The molecule has 2 aromatic heterocycles. The lowest BCUT2D eigenvalue weighted by Gasteiger charge is -2.33. The van der Waals surface area contributed by atoms with Gasteiger partial charge >= 0.3 is 5.97 Å². The number of amides is 3. The van der Waals surface area contributed by atoms with Crippen LogP contribution in [0.4, 0.5) is 10.7 Å². The van der Waals surface area contributed by atoms with Gasteiger partial charge in [0, 0.05) is 43.7 Å². The van der Waals surface area contributed by atoms with Crippen molar-refractivity contribution < 1.29 is 23.9 Å². The molecule has 5 aromatic rings. The Morgan fingerprint density at radius 2 is 1.75 bits per heavy atom. The van der Waals surface area contributed by atoms with E-state index >= 15 is 0 Å². The van der Waals surface area contributed by atoms with E-state index in [1.165, 1.54) is 30.2 Å². The molecule has 4 N–H and O–H groups in total. The van der Waals surface area contributed by atoms with Gasteiger partial charge in [0.05, 0.1) is 17.9 Å². The summed E-state index contributed by atoms with van der Waals surface area (Å²) in [5.41, 5.74) is 4.23. The molecule has 0 saturated carbocycles. The van der Waals surface area contributed by atoms with E-state index in [1.54, 1.807) is 48.7 Å². The van der Waals surface area contributed by atoms with Gasteiger partial charge in [-0.25, -0.2) is 4.79 Å². The molecule has 53 heavy (non-hydrogen) atoms. The molecule has 0 spiro atoms. The Kier molecular flexibility index (Phi) is 11.5. The molecule has 0 aliphatic heterocycles. The van der Waals surface area contributed by atoms with Crippen molar-refractivity contribution in [1.29, 1.82) is 0 Å². The van der Waals surface area contributed by atoms with Gasteiger partial charge in [-0.15, -0.1) is 23.1 Å². The van der Waals surface area contributed by atoms with Crippen molar-refractivity contribution in [3.63, 3.8) is 0 Å². The molecule has 0 saturated heterocycles. The van der Waals surface area contributed by atoms with Crippen LogP contribution in [0.25, 0.3) is 17.0 Å². The predicted molar refractivity (Wildman–Crippen MR) is 214 cm³/mol. The first-order valence-electron chi connectivity index (χ1n) is 17.7. The Balaban J connectivity index is 1.19. The third-order valence-corrected chi connectivity index (χ3v) is 12.1. The van der Waals surface area contributed by atoms with Crippen molar-refractivity contribution in [1.82, 2.24) is 10.3 Å². The number of aromatic amines is 1. The van der Waals surface area contributed by atoms with Crippen LogP contribution in [-0.4, -0.2) is 41.0 Å². The van der Waals surface area contributed by atoms with E-state index < -0.39 is 23.0 Å². The lowest BCUT2D eigenvalue weighted by atomic mass is 9.72. The number of hydrogen-bond donors (Lipinski definition) is 4. The molecule has 274 valence electrons. The number of hydrogen-bond acceptors (Lipinski definition) is 7. The van der Waals surface area contributed by atoms with Gasteiger partial charge in [0.1, 0.15) is 10.7 Å². The molecular weight excluding hydrogens is 705 g/mol. The Morgan fingerprint density at radius 3 is 2.49 bits per heavy atom. The Bertz CT molecular complexity index is 2180. The van der Waals surface area contributed by atoms with Crippen LogP contribution in [0.3, 0.4) is 0 Å². The standard InChI is InChI=1S/C42H44N4O5S2/c1-6-34(39(49)46-40-36(41(50)51-5)31-20-19-27(42(2,3)4)22-35(31)53-40)52-29-16-12-15-28(23-29)44-38(48)33(45-37(47)25-13-8-7-9-14-25)21-26-24-43-32-18-11-10-17-30(26)32/h7-18,21,23-24,27,34,43H,6,19-20,22H2,1-5H3,(H,44,48)(H,45,47)(H,46,49)/b33-21-. The van der Waals surface area contributed by atoms with Crippen LogP contribution in [0.5, 0.6) is 0 Å². The topological polar surface area (TPSA) is 129 Å². The second-order valence-corrected chi connectivity index (χ2v) is 16.5. The summed E-state index contributed by atoms with van der Waals surface area (Å²) in [5, 5.41) is 9.77. The summed E-state index contributed by atoms with van der Waals surface area (Å²) < 4.78 is 5.16. The highest BCUT2D eigenvalue weighted by molar-refractivity contribution is 8.00. The SMILES string of the molecule is CCC(Sc1cccc(NC(=O)/C(=C/c2c[nH]c3ccccc23)NC(=O)c2ccccc2)c1)C(=O)Nc1sc2c(c1C(=O)OC)CCC(C(C)(C)C)C2. The first-order valence-corrected chi connectivity index (χ1v) is 19.4. The number of carbonyl (C=O) groups is 4. The Hall–Kier alpha value is -5.13. The molecule has 0 fully saturated rings. The molecule has 9 nitrogen and oxygen atoms in total. The molecule has 3 aromatic carbocycles. The highest BCUT2D eigenvalue weighted by Crippen LogP contribution is 2.45. The number of para-hydroxylation sites is 1. The third kappa shape index (κ3) is 8.75. The number of rotatable bonds is 11. The summed E-state index contributed by atoms with van der Waals surface area (Å²) in [6.45, 7) is 8.67. The van der Waals surface area contributed by atoms with Gasteiger partial charge in [0.2, 0.25) is 5.91 Å². The lowest BCUT2D eigenvalue weighted by molar-refractivity contribution is -0.116. The van der Waals surface area contributed by atoms with E-state index in [2.05, 4.69) is 41.7 Å². The molecule has 3 amide bonds. The first-order chi connectivity index (χ1) is 25.4. The summed E-state index contributed by atoms with van der Waals surface area (Å²) in [5.74, 6) is -1.08. The molecule has 2 heterocycles. The molecule has 1 aliphatic rings. The van der Waals surface area contributed by atoms with Crippen LogP contribution in [0.2, 0.25) is 0 Å². The Labute approximate surface area is 318 Å². The molecule has 2 atom stereocenters. The number of thiophene rings is 1. The minimum atomic E-state index is -0.503. The number of carbonyl (C=O) groups excluding carboxylic acids is 4. The summed E-state index contributed by atoms with van der Waals surface area (Å²) in [6, 6.07) is 23.7. The number of nitrogens with one attached hydrogen (secondary N) is 4. The first kappa shape index (κ1) is 37.6. The van der Waals surface area contributed by atoms with Crippen LogP contribution in [0.15, 0.2) is 95.7 Å². The van der Waals surface area contributed by atoms with E-state index in [0.29, 0.717) is 34.2 Å². The number of methoxy groups -OCH3 is 1. The zero-order valence-corrected chi connectivity index (χ0v) is 32.1. The van der Waals surface area contributed by atoms with E-state index in [0.717, 1.165) is 51.1 Å². The van der Waals surface area contributed by atoms with Crippen molar-refractivity contribution in [2.24, 2.45) is 11.3 Å². The summed E-state index contributed by atoms with van der Waals surface area (Å²) in [7, 11) is 1.37. The highest BCUT2D eigenvalue weighted by Gasteiger charge is 2.35. The average molecular weight is 749 g/mol. The van der Waals surface area contributed by atoms with Gasteiger partial charge in [-0.1, -0.05) is 70.2 Å². The summed E-state index contributed by atoms with van der Waals surface area (Å²) >= 11 is 2.85. The smallest absolute Gasteiger partial charge is 0.341 e. The van der Waals surface area contributed by atoms with E-state index in [9.17, 15) is 19.2 Å². The molecule has 11 heteroatoms. The minimum absolute atomic E-state index is 0.0707. The number of H-pyrrole nitrogens is 1. The van der Waals surface area contributed by atoms with Gasteiger partial charge in [-0.3, -0.25) is 14.4 Å². The molecule has 1 aliphatic carbocycles. The second kappa shape index (κ2) is 16.3. The molecule has 0 radical (unpaired) electrons. The molecule has 2 unspecified atom stereocenters. The molecular formula is C42H44N4O5S2. The maximum atomic E-state index is 13.8. The summed E-state index contributed by atoms with van der Waals surface area (Å²) in [6.07, 6.45) is 6.59. The van der Waals surface area contributed by atoms with Crippen molar-refractivity contribution in [3.8, 4) is 0 Å². The minimum Gasteiger partial charge on any atom is -0.465 e. The fourth-order valence-corrected chi connectivity index (χ4v) is 8.90. The predicted octanol–water partition coefficient (Wildman–Crippen LogP) is 9.09. The fourth-order valence-electron chi connectivity index (χ4n) is 6.57. The highest BCUT2D eigenvalue weighted by atomic mass is 32.2. The lowest BCUT2D eigenvalue weighted by Crippen LogP contribution is -2.30. The van der Waals surface area contributed by atoms with Crippen LogP contribution >= 0.6 is 23.1 Å². The molecule has 0 bridgehead atoms. The number of ether oxygens (including phenoxy) is 1. The van der Waals surface area contributed by atoms with Gasteiger partial charge in [-0.2, -0.15) is 0 Å². The largest absolute Gasteiger partial charge is 0.465 e. The number of esters is 1. The van der Waals surface area contributed by atoms with Crippen molar-refractivity contribution in [2.45, 2.75) is 63.5 Å². The Morgan fingerprint density at radius 1 is 1.00 bits per heavy atom. The zero-order chi connectivity index (χ0) is 37.7. The zero-order valence-electron chi connectivity index (χ0n) is 30.5. The number of anilines is 2. The second-order valence-electron chi connectivity index (χ2n) is 14.2. The maximum absolute atomic E-state index is 13.8. The third-order valence-electron chi connectivity index (χ3n) is 9.60. The molecule has 6 rings (SSSR count). The van der Waals surface area contributed by atoms with Crippen LogP contribution < -0.4 is 16.0 Å². The average Bonchev–Trinajstić information content (AvgIpc) is 3.73. The van der Waals surface area contributed by atoms with E-state index in [4.69, 9.17) is 4.74 Å². The number of benzene rings is 3. The number of fused-ring (bicyclic) bond motifs is 2. The van der Waals surface area contributed by atoms with E-state index in [-0.39, 0.29) is 17.0 Å².